The first kappa shape index (κ1) is 12.7. The maximum Gasteiger partial charge on any atom is 0.0900 e. The van der Waals surface area contributed by atoms with Crippen molar-refractivity contribution in [3.8, 4) is 0 Å². The van der Waals surface area contributed by atoms with E-state index >= 15 is 0 Å². The minimum atomic E-state index is 0.303. The number of nitrogens with one attached hydrogen (secondary N) is 1. The fraction of sp³-hybridized carbons (Fsp3) is 0.462. The SMILES string of the molecule is Cc1nc(C(C)N[C@H](C)c2cccs2)c(C)s1. The van der Waals surface area contributed by atoms with E-state index in [9.17, 15) is 0 Å². The van der Waals surface area contributed by atoms with Gasteiger partial charge in [-0.1, -0.05) is 6.07 Å². The molecule has 0 saturated carbocycles. The lowest BCUT2D eigenvalue weighted by molar-refractivity contribution is 0.491. The maximum atomic E-state index is 4.60. The minimum Gasteiger partial charge on any atom is -0.301 e. The summed E-state index contributed by atoms with van der Waals surface area (Å²) in [6, 6.07) is 4.96. The van der Waals surface area contributed by atoms with Crippen molar-refractivity contribution in [2.75, 3.05) is 0 Å². The van der Waals surface area contributed by atoms with Crippen molar-refractivity contribution in [1.29, 1.82) is 0 Å². The Hall–Kier alpha value is -0.710. The van der Waals surface area contributed by atoms with Crippen molar-refractivity contribution >= 4 is 22.7 Å². The molecule has 0 radical (unpaired) electrons. The average Bonchev–Trinajstić information content (AvgIpc) is 2.87. The van der Waals surface area contributed by atoms with E-state index in [1.165, 1.54) is 15.4 Å². The van der Waals surface area contributed by atoms with Crippen LogP contribution in [0.4, 0.5) is 0 Å². The summed E-state index contributed by atoms with van der Waals surface area (Å²) < 4.78 is 0. The molecule has 0 bridgehead atoms. The molecular formula is C13H18N2S2. The van der Waals surface area contributed by atoms with Gasteiger partial charge in [0.15, 0.2) is 0 Å². The van der Waals surface area contributed by atoms with Gasteiger partial charge < -0.3 is 5.32 Å². The van der Waals surface area contributed by atoms with Crippen molar-refractivity contribution < 1.29 is 0 Å². The summed E-state index contributed by atoms with van der Waals surface area (Å²) >= 11 is 3.57. The van der Waals surface area contributed by atoms with Gasteiger partial charge in [-0.05, 0) is 39.1 Å². The second-order valence-electron chi connectivity index (χ2n) is 4.30. The molecular weight excluding hydrogens is 248 g/mol. The van der Waals surface area contributed by atoms with Crippen molar-refractivity contribution in [3.63, 3.8) is 0 Å². The standard InChI is InChI=1S/C13H18N2S2/c1-8(12-6-5-7-16-12)14-9(2)13-10(3)17-11(4)15-13/h5-9,14H,1-4H3/t8-,9?/m1/s1. The summed E-state index contributed by atoms with van der Waals surface area (Å²) in [5.74, 6) is 0. The minimum absolute atomic E-state index is 0.303. The molecule has 2 atom stereocenters. The van der Waals surface area contributed by atoms with Crippen molar-refractivity contribution in [3.05, 3.63) is 38.0 Å². The van der Waals surface area contributed by atoms with E-state index < -0.39 is 0 Å². The van der Waals surface area contributed by atoms with Gasteiger partial charge in [-0.2, -0.15) is 0 Å². The number of thiazole rings is 1. The number of nitrogens with zero attached hydrogens (tertiary/aromatic N) is 1. The zero-order chi connectivity index (χ0) is 12.4. The van der Waals surface area contributed by atoms with E-state index in [4.69, 9.17) is 0 Å². The van der Waals surface area contributed by atoms with Crippen LogP contribution in [-0.2, 0) is 0 Å². The molecule has 0 fully saturated rings. The van der Waals surface area contributed by atoms with Gasteiger partial charge in [0.1, 0.15) is 0 Å². The summed E-state index contributed by atoms with van der Waals surface area (Å²) in [6.45, 7) is 8.60. The summed E-state index contributed by atoms with van der Waals surface area (Å²) in [6.07, 6.45) is 0. The highest BCUT2D eigenvalue weighted by Crippen LogP contribution is 2.26. The van der Waals surface area contributed by atoms with Crippen molar-refractivity contribution in [1.82, 2.24) is 10.3 Å². The second-order valence-corrected chi connectivity index (χ2v) is 6.69. The van der Waals surface area contributed by atoms with E-state index in [0.29, 0.717) is 12.1 Å². The number of aryl methyl sites for hydroxylation is 2. The van der Waals surface area contributed by atoms with Gasteiger partial charge in [-0.25, -0.2) is 4.98 Å². The van der Waals surface area contributed by atoms with Crippen molar-refractivity contribution in [2.24, 2.45) is 0 Å². The Labute approximate surface area is 111 Å². The van der Waals surface area contributed by atoms with Crippen LogP contribution in [0.25, 0.3) is 0 Å². The van der Waals surface area contributed by atoms with Crippen LogP contribution < -0.4 is 5.32 Å². The molecule has 2 nitrogen and oxygen atoms in total. The highest BCUT2D eigenvalue weighted by Gasteiger charge is 2.16. The normalized spacial score (nSPS) is 14.8. The number of hydrogen-bond donors (Lipinski definition) is 1. The lowest BCUT2D eigenvalue weighted by Crippen LogP contribution is -2.22. The van der Waals surface area contributed by atoms with Crippen LogP contribution in [0.5, 0.6) is 0 Å². The molecule has 0 aromatic carbocycles. The quantitative estimate of drug-likeness (QED) is 0.895. The molecule has 0 aliphatic rings. The van der Waals surface area contributed by atoms with Crippen LogP contribution in [0, 0.1) is 13.8 Å². The largest absolute Gasteiger partial charge is 0.301 e. The number of rotatable bonds is 4. The Balaban J connectivity index is 2.06. The maximum absolute atomic E-state index is 4.60. The molecule has 0 spiro atoms. The van der Waals surface area contributed by atoms with Crippen LogP contribution in [0.2, 0.25) is 0 Å². The molecule has 2 heterocycles. The molecule has 1 N–H and O–H groups in total. The van der Waals surface area contributed by atoms with Gasteiger partial charge >= 0.3 is 0 Å². The van der Waals surface area contributed by atoms with E-state index in [1.54, 1.807) is 22.7 Å². The van der Waals surface area contributed by atoms with Gasteiger partial charge in [0.05, 0.1) is 10.7 Å². The monoisotopic (exact) mass is 266 g/mol. The fourth-order valence-electron chi connectivity index (χ4n) is 2.02. The molecule has 2 aromatic heterocycles. The zero-order valence-corrected chi connectivity index (χ0v) is 12.3. The molecule has 4 heteroatoms. The van der Waals surface area contributed by atoms with Crippen molar-refractivity contribution in [2.45, 2.75) is 39.8 Å². The average molecular weight is 266 g/mol. The first-order chi connectivity index (χ1) is 8.08. The second kappa shape index (κ2) is 5.29. The highest BCUT2D eigenvalue weighted by atomic mass is 32.1. The van der Waals surface area contributed by atoms with Gasteiger partial charge in [0, 0.05) is 21.8 Å². The smallest absolute Gasteiger partial charge is 0.0900 e. The van der Waals surface area contributed by atoms with Gasteiger partial charge in [-0.15, -0.1) is 22.7 Å². The summed E-state index contributed by atoms with van der Waals surface area (Å²) in [5, 5.41) is 6.88. The predicted octanol–water partition coefficient (Wildman–Crippen LogP) is 4.23. The topological polar surface area (TPSA) is 24.9 Å². The molecule has 1 unspecified atom stereocenters. The Morgan fingerprint density at radius 3 is 2.53 bits per heavy atom. The third kappa shape index (κ3) is 2.94. The van der Waals surface area contributed by atoms with E-state index in [2.05, 4.69) is 55.5 Å². The Bertz CT molecular complexity index is 474. The Morgan fingerprint density at radius 1 is 1.24 bits per heavy atom. The molecule has 17 heavy (non-hydrogen) atoms. The summed E-state index contributed by atoms with van der Waals surface area (Å²) in [4.78, 5) is 7.30. The molecule has 92 valence electrons. The molecule has 2 rings (SSSR count). The van der Waals surface area contributed by atoms with Crippen LogP contribution in [0.15, 0.2) is 17.5 Å². The van der Waals surface area contributed by atoms with Crippen LogP contribution >= 0.6 is 22.7 Å². The first-order valence-corrected chi connectivity index (χ1v) is 7.51. The van der Waals surface area contributed by atoms with Gasteiger partial charge in [0.25, 0.3) is 0 Å². The zero-order valence-electron chi connectivity index (χ0n) is 10.7. The molecule has 0 amide bonds. The number of hydrogen-bond acceptors (Lipinski definition) is 4. The molecule has 0 aliphatic carbocycles. The molecule has 2 aromatic rings. The fourth-order valence-corrected chi connectivity index (χ4v) is 3.68. The number of thiophene rings is 1. The predicted molar refractivity (Wildman–Crippen MR) is 75.9 cm³/mol. The molecule has 0 aliphatic heterocycles. The Kier molecular flexibility index (Phi) is 3.97. The Morgan fingerprint density at radius 2 is 2.00 bits per heavy atom. The van der Waals surface area contributed by atoms with Gasteiger partial charge in [0.2, 0.25) is 0 Å². The van der Waals surface area contributed by atoms with Crippen LogP contribution in [-0.4, -0.2) is 4.98 Å². The number of aromatic nitrogens is 1. The van der Waals surface area contributed by atoms with Gasteiger partial charge in [-0.3, -0.25) is 0 Å². The van der Waals surface area contributed by atoms with Crippen LogP contribution in [0.1, 0.15) is 46.4 Å². The summed E-state index contributed by atoms with van der Waals surface area (Å²) in [7, 11) is 0. The van der Waals surface area contributed by atoms with Crippen LogP contribution in [0.3, 0.4) is 0 Å². The molecule has 0 saturated heterocycles. The summed E-state index contributed by atoms with van der Waals surface area (Å²) in [5.41, 5.74) is 1.19. The highest BCUT2D eigenvalue weighted by molar-refractivity contribution is 7.11. The third-order valence-corrected chi connectivity index (χ3v) is 4.78. The first-order valence-electron chi connectivity index (χ1n) is 5.81. The van der Waals surface area contributed by atoms with E-state index in [1.807, 2.05) is 0 Å². The third-order valence-electron chi connectivity index (χ3n) is 2.82. The lowest BCUT2D eigenvalue weighted by Gasteiger charge is -2.18. The van der Waals surface area contributed by atoms with E-state index in [0.717, 1.165) is 5.01 Å². The van der Waals surface area contributed by atoms with E-state index in [-0.39, 0.29) is 0 Å². The lowest BCUT2D eigenvalue weighted by atomic mass is 10.1.